The van der Waals surface area contributed by atoms with E-state index in [1.165, 1.54) is 0 Å². The molecule has 0 unspecified atom stereocenters. The Morgan fingerprint density at radius 1 is 0.778 bits per heavy atom. The molecule has 0 atom stereocenters. The maximum atomic E-state index is 12.0. The van der Waals surface area contributed by atoms with Crippen molar-refractivity contribution in [1.29, 1.82) is 0 Å². The van der Waals surface area contributed by atoms with E-state index in [4.69, 9.17) is 9.47 Å². The number of rotatable bonds is 6. The summed E-state index contributed by atoms with van der Waals surface area (Å²) in [6, 6.07) is 0. The third-order valence-electron chi connectivity index (χ3n) is 2.44. The fraction of sp³-hybridized carbons (Fsp3) is 0.714. The quantitative estimate of drug-likeness (QED) is 0.541. The van der Waals surface area contributed by atoms with Gasteiger partial charge in [0, 0.05) is 0 Å². The molecule has 0 aliphatic heterocycles. The van der Waals surface area contributed by atoms with Crippen LogP contribution in [0.2, 0.25) is 0 Å². The lowest BCUT2D eigenvalue weighted by molar-refractivity contribution is -0.142. The maximum Gasteiger partial charge on any atom is 0.334 e. The van der Waals surface area contributed by atoms with E-state index in [0.29, 0.717) is 24.4 Å². The Balaban J connectivity index is 5.57. The van der Waals surface area contributed by atoms with Crippen molar-refractivity contribution in [3.63, 3.8) is 0 Å². The highest BCUT2D eigenvalue weighted by Gasteiger charge is 2.27. The molecule has 0 aliphatic carbocycles. The van der Waals surface area contributed by atoms with Crippen molar-refractivity contribution >= 4 is 11.9 Å². The van der Waals surface area contributed by atoms with E-state index in [9.17, 15) is 9.59 Å². The Morgan fingerprint density at radius 3 is 1.22 bits per heavy atom. The Morgan fingerprint density at radius 2 is 1.06 bits per heavy atom. The first-order valence-corrected chi connectivity index (χ1v) is 6.44. The molecule has 0 aromatic heterocycles. The molecule has 4 nitrogen and oxygen atoms in total. The fourth-order valence-electron chi connectivity index (χ4n) is 1.73. The van der Waals surface area contributed by atoms with Gasteiger partial charge in [0.1, 0.15) is 0 Å². The van der Waals surface area contributed by atoms with Crippen molar-refractivity contribution in [3.8, 4) is 0 Å². The molecule has 0 N–H and O–H groups in total. The Hall–Kier alpha value is -1.32. The highest BCUT2D eigenvalue weighted by Crippen LogP contribution is 2.24. The summed E-state index contributed by atoms with van der Waals surface area (Å²) in [7, 11) is 0. The smallest absolute Gasteiger partial charge is 0.334 e. The summed E-state index contributed by atoms with van der Waals surface area (Å²) in [5.41, 5.74) is 0.843. The lowest BCUT2D eigenvalue weighted by Gasteiger charge is -2.18. The highest BCUT2D eigenvalue weighted by atomic mass is 16.5. The summed E-state index contributed by atoms with van der Waals surface area (Å²) >= 11 is 0. The van der Waals surface area contributed by atoms with Crippen LogP contribution in [0.4, 0.5) is 0 Å². The number of ether oxygens (including phenoxy) is 2. The van der Waals surface area contributed by atoms with Crippen molar-refractivity contribution in [3.05, 3.63) is 11.1 Å². The minimum Gasteiger partial charge on any atom is -0.463 e. The zero-order valence-corrected chi connectivity index (χ0v) is 12.2. The molecule has 18 heavy (non-hydrogen) atoms. The average molecular weight is 256 g/mol. The van der Waals surface area contributed by atoms with Gasteiger partial charge in [-0.25, -0.2) is 9.59 Å². The van der Waals surface area contributed by atoms with Gasteiger partial charge in [-0.2, -0.15) is 0 Å². The van der Waals surface area contributed by atoms with E-state index in [1.54, 1.807) is 13.8 Å². The molecule has 0 radical (unpaired) electrons. The van der Waals surface area contributed by atoms with Gasteiger partial charge in [0.25, 0.3) is 0 Å². The maximum absolute atomic E-state index is 12.0. The summed E-state index contributed by atoms with van der Waals surface area (Å²) < 4.78 is 10.0. The Labute approximate surface area is 109 Å². The van der Waals surface area contributed by atoms with Gasteiger partial charge in [-0.15, -0.1) is 0 Å². The van der Waals surface area contributed by atoms with Crippen LogP contribution in [0.3, 0.4) is 0 Å². The standard InChI is InChI=1S/C14H24O4/c1-7-17-13(15)11(9(3)4)12(10(5)6)14(16)18-8-2/h9-10H,7-8H2,1-6H3/b12-11+. The van der Waals surface area contributed by atoms with Gasteiger partial charge in [0.2, 0.25) is 0 Å². The van der Waals surface area contributed by atoms with Crippen molar-refractivity contribution in [2.24, 2.45) is 11.8 Å². The third kappa shape index (κ3) is 4.51. The predicted molar refractivity (Wildman–Crippen MR) is 70.0 cm³/mol. The van der Waals surface area contributed by atoms with Crippen LogP contribution in [-0.2, 0) is 19.1 Å². The summed E-state index contributed by atoms with van der Waals surface area (Å²) in [5, 5.41) is 0. The molecule has 0 saturated heterocycles. The van der Waals surface area contributed by atoms with E-state index in [0.717, 1.165) is 0 Å². The molecule has 0 fully saturated rings. The molecule has 4 heteroatoms. The number of carbonyl (C=O) groups excluding carboxylic acids is 2. The summed E-state index contributed by atoms with van der Waals surface area (Å²) in [6.07, 6.45) is 0. The van der Waals surface area contributed by atoms with Crippen LogP contribution in [-0.4, -0.2) is 25.2 Å². The molecule has 0 heterocycles. The summed E-state index contributed by atoms with van der Waals surface area (Å²) in [6.45, 7) is 11.6. The first-order chi connectivity index (χ1) is 8.36. The Bertz CT molecular complexity index is 295. The van der Waals surface area contributed by atoms with Crippen molar-refractivity contribution in [2.45, 2.75) is 41.5 Å². The molecular weight excluding hydrogens is 232 g/mol. The molecule has 0 saturated carbocycles. The topological polar surface area (TPSA) is 52.6 Å². The van der Waals surface area contributed by atoms with Crippen LogP contribution in [0.15, 0.2) is 11.1 Å². The average Bonchev–Trinajstić information content (AvgIpc) is 2.24. The molecule has 0 aliphatic rings. The van der Waals surface area contributed by atoms with E-state index in [1.807, 2.05) is 27.7 Å². The number of hydrogen-bond donors (Lipinski definition) is 0. The number of carbonyl (C=O) groups is 2. The van der Waals surface area contributed by atoms with E-state index >= 15 is 0 Å². The lowest BCUT2D eigenvalue weighted by Crippen LogP contribution is -2.22. The van der Waals surface area contributed by atoms with E-state index < -0.39 is 11.9 Å². The third-order valence-corrected chi connectivity index (χ3v) is 2.44. The normalized spacial score (nSPS) is 12.4. The zero-order chi connectivity index (χ0) is 14.3. The fourth-order valence-corrected chi connectivity index (χ4v) is 1.73. The van der Waals surface area contributed by atoms with Crippen LogP contribution in [0.1, 0.15) is 41.5 Å². The minimum atomic E-state index is -0.427. The molecule has 0 rings (SSSR count). The van der Waals surface area contributed by atoms with Gasteiger partial charge >= 0.3 is 11.9 Å². The van der Waals surface area contributed by atoms with Gasteiger partial charge in [-0.05, 0) is 25.7 Å². The number of hydrogen-bond acceptors (Lipinski definition) is 4. The molecule has 0 amide bonds. The van der Waals surface area contributed by atoms with Gasteiger partial charge in [-0.1, -0.05) is 27.7 Å². The first-order valence-electron chi connectivity index (χ1n) is 6.44. The second-order valence-corrected chi connectivity index (χ2v) is 4.58. The molecule has 0 bridgehead atoms. The second-order valence-electron chi connectivity index (χ2n) is 4.58. The number of esters is 2. The van der Waals surface area contributed by atoms with E-state index in [-0.39, 0.29) is 11.8 Å². The summed E-state index contributed by atoms with van der Waals surface area (Å²) in [5.74, 6) is -1.01. The first kappa shape index (κ1) is 16.7. The molecule has 0 spiro atoms. The van der Waals surface area contributed by atoms with Crippen LogP contribution in [0.25, 0.3) is 0 Å². The molecular formula is C14H24O4. The van der Waals surface area contributed by atoms with Gasteiger partial charge in [0.05, 0.1) is 24.4 Å². The van der Waals surface area contributed by atoms with Crippen LogP contribution in [0.5, 0.6) is 0 Å². The zero-order valence-electron chi connectivity index (χ0n) is 12.2. The highest BCUT2D eigenvalue weighted by molar-refractivity contribution is 6.01. The van der Waals surface area contributed by atoms with Crippen molar-refractivity contribution < 1.29 is 19.1 Å². The van der Waals surface area contributed by atoms with Gasteiger partial charge < -0.3 is 9.47 Å². The molecule has 0 aromatic carbocycles. The van der Waals surface area contributed by atoms with Gasteiger partial charge in [0.15, 0.2) is 0 Å². The van der Waals surface area contributed by atoms with Crippen LogP contribution >= 0.6 is 0 Å². The van der Waals surface area contributed by atoms with Crippen molar-refractivity contribution in [2.75, 3.05) is 13.2 Å². The Kier molecular flexibility index (Phi) is 7.32. The minimum absolute atomic E-state index is 0.0779. The molecule has 0 aromatic rings. The second kappa shape index (κ2) is 7.90. The predicted octanol–water partition coefficient (Wildman–Crippen LogP) is 2.72. The lowest BCUT2D eigenvalue weighted by atomic mass is 9.90. The largest absolute Gasteiger partial charge is 0.463 e. The monoisotopic (exact) mass is 256 g/mol. The van der Waals surface area contributed by atoms with Gasteiger partial charge in [-0.3, -0.25) is 0 Å². The van der Waals surface area contributed by atoms with Crippen LogP contribution in [0, 0.1) is 11.8 Å². The van der Waals surface area contributed by atoms with Crippen LogP contribution < -0.4 is 0 Å². The summed E-state index contributed by atoms with van der Waals surface area (Å²) in [4.78, 5) is 23.9. The SMILES string of the molecule is CCOC(=O)/C(=C(/C(=O)OCC)C(C)C)C(C)C. The van der Waals surface area contributed by atoms with E-state index in [2.05, 4.69) is 0 Å². The van der Waals surface area contributed by atoms with Crippen molar-refractivity contribution in [1.82, 2.24) is 0 Å². The molecule has 104 valence electrons.